The quantitative estimate of drug-likeness (QED) is 0.802. The number of Topliss-reactive ketones (excluding diaryl/α,β-unsaturated/α-hetero) is 1. The maximum atomic E-state index is 11.5. The van der Waals surface area contributed by atoms with E-state index in [4.69, 9.17) is 0 Å². The molecule has 1 atom stereocenters. The number of amides is 1. The van der Waals surface area contributed by atoms with E-state index in [1.165, 1.54) is 12.5 Å². The van der Waals surface area contributed by atoms with Gasteiger partial charge in [-0.2, -0.15) is 0 Å². The zero-order valence-electron chi connectivity index (χ0n) is 9.82. The molecule has 1 N–H and O–H groups in total. The summed E-state index contributed by atoms with van der Waals surface area (Å²) in [4.78, 5) is 22.4. The minimum atomic E-state index is -0.226. The molecule has 1 unspecified atom stereocenters. The summed E-state index contributed by atoms with van der Waals surface area (Å²) in [5.41, 5.74) is 3.24. The number of ketones is 1. The van der Waals surface area contributed by atoms with Crippen molar-refractivity contribution in [3.8, 4) is 0 Å². The van der Waals surface area contributed by atoms with Crippen LogP contribution in [0.3, 0.4) is 0 Å². The maximum absolute atomic E-state index is 11.5. The Kier molecular flexibility index (Phi) is 3.09. The molecule has 1 amide bonds. The van der Waals surface area contributed by atoms with E-state index in [1.807, 2.05) is 24.3 Å². The third kappa shape index (κ3) is 2.44. The van der Waals surface area contributed by atoms with Gasteiger partial charge in [0.05, 0.1) is 12.5 Å². The standard InChI is InChI=1S/C14H15NO2/c1-9(16)7-14(17)15-13-8-11-5-3-4-6-12(11)10(13)2/h3-6,13H,2,7-8H2,1H3,(H,15,17). The largest absolute Gasteiger partial charge is 0.349 e. The molecular weight excluding hydrogens is 214 g/mol. The first-order valence-corrected chi connectivity index (χ1v) is 5.64. The van der Waals surface area contributed by atoms with Gasteiger partial charge in [0.1, 0.15) is 5.78 Å². The van der Waals surface area contributed by atoms with Gasteiger partial charge in [0, 0.05) is 0 Å². The van der Waals surface area contributed by atoms with Gasteiger partial charge >= 0.3 is 0 Å². The molecule has 0 aromatic heterocycles. The highest BCUT2D eigenvalue weighted by molar-refractivity contribution is 5.97. The molecule has 0 aliphatic heterocycles. The van der Waals surface area contributed by atoms with E-state index in [-0.39, 0.29) is 24.2 Å². The summed E-state index contributed by atoms with van der Waals surface area (Å²) in [6, 6.07) is 7.92. The molecule has 1 aliphatic rings. The number of nitrogens with one attached hydrogen (secondary N) is 1. The first-order valence-electron chi connectivity index (χ1n) is 5.64. The molecule has 0 spiro atoms. The molecule has 0 saturated carbocycles. The van der Waals surface area contributed by atoms with Crippen LogP contribution in [0.4, 0.5) is 0 Å². The summed E-state index contributed by atoms with van der Waals surface area (Å²) >= 11 is 0. The van der Waals surface area contributed by atoms with Gasteiger partial charge in [0.15, 0.2) is 0 Å². The molecule has 17 heavy (non-hydrogen) atoms. The normalized spacial score (nSPS) is 17.7. The van der Waals surface area contributed by atoms with E-state index >= 15 is 0 Å². The molecule has 0 fully saturated rings. The van der Waals surface area contributed by atoms with Gasteiger partial charge in [-0.25, -0.2) is 0 Å². The molecule has 2 rings (SSSR count). The van der Waals surface area contributed by atoms with Crippen LogP contribution in [0.5, 0.6) is 0 Å². The molecule has 3 heteroatoms. The summed E-state index contributed by atoms with van der Waals surface area (Å²) in [5.74, 6) is -0.347. The van der Waals surface area contributed by atoms with E-state index in [1.54, 1.807) is 0 Å². The molecule has 1 aliphatic carbocycles. The number of fused-ring (bicyclic) bond motifs is 1. The van der Waals surface area contributed by atoms with Crippen LogP contribution in [-0.2, 0) is 16.0 Å². The second-order valence-corrected chi connectivity index (χ2v) is 4.39. The van der Waals surface area contributed by atoms with E-state index in [9.17, 15) is 9.59 Å². The number of rotatable bonds is 3. The smallest absolute Gasteiger partial charge is 0.227 e. The van der Waals surface area contributed by atoms with E-state index < -0.39 is 0 Å². The van der Waals surface area contributed by atoms with Crippen LogP contribution in [0, 0.1) is 0 Å². The Bertz CT molecular complexity index is 491. The predicted molar refractivity (Wildman–Crippen MR) is 66.4 cm³/mol. The molecule has 88 valence electrons. The molecule has 0 bridgehead atoms. The first-order chi connectivity index (χ1) is 8.08. The highest BCUT2D eigenvalue weighted by atomic mass is 16.2. The van der Waals surface area contributed by atoms with Crippen LogP contribution in [0.25, 0.3) is 5.57 Å². The number of hydrogen-bond acceptors (Lipinski definition) is 2. The Morgan fingerprint density at radius 1 is 1.41 bits per heavy atom. The number of carbonyl (C=O) groups excluding carboxylic acids is 2. The van der Waals surface area contributed by atoms with Crippen LogP contribution in [0.15, 0.2) is 30.8 Å². The van der Waals surface area contributed by atoms with Gasteiger partial charge in [-0.05, 0) is 30.0 Å². The fourth-order valence-corrected chi connectivity index (χ4v) is 2.15. The van der Waals surface area contributed by atoms with Crippen LogP contribution < -0.4 is 5.32 Å². The Balaban J connectivity index is 2.05. The monoisotopic (exact) mass is 229 g/mol. The van der Waals surface area contributed by atoms with Gasteiger partial charge in [-0.15, -0.1) is 0 Å². The van der Waals surface area contributed by atoms with Crippen molar-refractivity contribution < 1.29 is 9.59 Å². The molecule has 1 aromatic carbocycles. The SMILES string of the molecule is C=C1c2ccccc2CC1NC(=O)CC(C)=O. The maximum Gasteiger partial charge on any atom is 0.227 e. The lowest BCUT2D eigenvalue weighted by Gasteiger charge is -2.13. The Labute approximate surface area is 101 Å². The summed E-state index contributed by atoms with van der Waals surface area (Å²) in [7, 11) is 0. The van der Waals surface area contributed by atoms with Crippen LogP contribution >= 0.6 is 0 Å². The zero-order valence-corrected chi connectivity index (χ0v) is 9.82. The van der Waals surface area contributed by atoms with Crippen molar-refractivity contribution in [2.45, 2.75) is 25.8 Å². The van der Waals surface area contributed by atoms with Gasteiger partial charge < -0.3 is 5.32 Å². The lowest BCUT2D eigenvalue weighted by molar-refractivity contribution is -0.127. The molecule has 0 saturated heterocycles. The van der Waals surface area contributed by atoms with E-state index in [0.29, 0.717) is 0 Å². The summed E-state index contributed by atoms with van der Waals surface area (Å²) in [5, 5.41) is 2.85. The predicted octanol–water partition coefficient (Wildman–Crippen LogP) is 1.72. The van der Waals surface area contributed by atoms with Gasteiger partial charge in [-0.1, -0.05) is 30.8 Å². The Hall–Kier alpha value is -1.90. The van der Waals surface area contributed by atoms with Crippen LogP contribution in [-0.4, -0.2) is 17.7 Å². The summed E-state index contributed by atoms with van der Waals surface area (Å²) < 4.78 is 0. The average molecular weight is 229 g/mol. The van der Waals surface area contributed by atoms with Crippen molar-refractivity contribution >= 4 is 17.3 Å². The minimum absolute atomic E-state index is 0.0554. The minimum Gasteiger partial charge on any atom is -0.349 e. The fraction of sp³-hybridized carbons (Fsp3) is 0.286. The Morgan fingerprint density at radius 3 is 2.76 bits per heavy atom. The van der Waals surface area contributed by atoms with Gasteiger partial charge in [0.25, 0.3) is 0 Å². The molecule has 0 radical (unpaired) electrons. The van der Waals surface area contributed by atoms with E-state index in [2.05, 4.69) is 11.9 Å². The summed E-state index contributed by atoms with van der Waals surface area (Å²) in [6.45, 7) is 5.42. The first kappa shape index (κ1) is 11.6. The topological polar surface area (TPSA) is 46.2 Å². The van der Waals surface area contributed by atoms with Gasteiger partial charge in [-0.3, -0.25) is 9.59 Å². The van der Waals surface area contributed by atoms with Crippen LogP contribution in [0.2, 0.25) is 0 Å². The zero-order chi connectivity index (χ0) is 12.4. The van der Waals surface area contributed by atoms with Gasteiger partial charge in [0.2, 0.25) is 5.91 Å². The third-order valence-corrected chi connectivity index (χ3v) is 2.95. The molecular formula is C14H15NO2. The van der Waals surface area contributed by atoms with Crippen molar-refractivity contribution in [3.05, 3.63) is 42.0 Å². The Morgan fingerprint density at radius 2 is 2.12 bits per heavy atom. The number of hydrogen-bond donors (Lipinski definition) is 1. The number of benzene rings is 1. The third-order valence-electron chi connectivity index (χ3n) is 2.95. The lowest BCUT2D eigenvalue weighted by Crippen LogP contribution is -2.35. The van der Waals surface area contributed by atoms with Crippen molar-refractivity contribution in [3.63, 3.8) is 0 Å². The molecule has 3 nitrogen and oxygen atoms in total. The fourth-order valence-electron chi connectivity index (χ4n) is 2.15. The van der Waals surface area contributed by atoms with Crippen molar-refractivity contribution in [2.75, 3.05) is 0 Å². The molecule has 1 aromatic rings. The highest BCUT2D eigenvalue weighted by Crippen LogP contribution is 2.30. The van der Waals surface area contributed by atoms with Crippen molar-refractivity contribution in [1.82, 2.24) is 5.32 Å². The second kappa shape index (κ2) is 4.53. The van der Waals surface area contributed by atoms with E-state index in [0.717, 1.165) is 17.6 Å². The van der Waals surface area contributed by atoms with Crippen molar-refractivity contribution in [2.24, 2.45) is 0 Å². The van der Waals surface area contributed by atoms with Crippen LogP contribution in [0.1, 0.15) is 24.5 Å². The summed E-state index contributed by atoms with van der Waals surface area (Å²) in [6.07, 6.45) is 0.707. The lowest BCUT2D eigenvalue weighted by atomic mass is 10.1. The molecule has 0 heterocycles. The van der Waals surface area contributed by atoms with Crippen molar-refractivity contribution in [1.29, 1.82) is 0 Å². The second-order valence-electron chi connectivity index (χ2n) is 4.39. The number of carbonyl (C=O) groups is 2. The average Bonchev–Trinajstić information content (AvgIpc) is 2.55. The highest BCUT2D eigenvalue weighted by Gasteiger charge is 2.26.